The van der Waals surface area contributed by atoms with E-state index in [9.17, 15) is 14.4 Å². The summed E-state index contributed by atoms with van der Waals surface area (Å²) in [5, 5.41) is 0. The third-order valence-electron chi connectivity index (χ3n) is 6.13. The molecule has 5 nitrogen and oxygen atoms in total. The lowest BCUT2D eigenvalue weighted by molar-refractivity contribution is -0.174. The van der Waals surface area contributed by atoms with Crippen molar-refractivity contribution in [1.82, 2.24) is 0 Å². The summed E-state index contributed by atoms with van der Waals surface area (Å²) in [5.41, 5.74) is 0.167. The number of methoxy groups -OCH3 is 2. The van der Waals surface area contributed by atoms with Crippen LogP contribution in [0.25, 0.3) is 0 Å². The smallest absolute Gasteiger partial charge is 0.323 e. The van der Waals surface area contributed by atoms with Crippen LogP contribution < -0.4 is 0 Å². The standard InChI is InChI=1S/C18H22O5/c1-10-6-5-8-17(10)13-12(11(2)14(17)19)7-9-18(13,15(20)22-3)16(21)23-4/h13H,1,5-9H2,2-4H3/t13?,17-/m0/s1. The molecule has 0 aromatic carbocycles. The molecule has 23 heavy (non-hydrogen) atoms. The van der Waals surface area contributed by atoms with Crippen molar-refractivity contribution in [2.75, 3.05) is 14.2 Å². The molecule has 1 unspecified atom stereocenters. The Balaban J connectivity index is 2.25. The second kappa shape index (κ2) is 5.05. The predicted molar refractivity (Wildman–Crippen MR) is 82.3 cm³/mol. The molecule has 0 bridgehead atoms. The third kappa shape index (κ3) is 1.65. The minimum atomic E-state index is -1.43. The summed E-state index contributed by atoms with van der Waals surface area (Å²) in [5.74, 6) is -1.69. The summed E-state index contributed by atoms with van der Waals surface area (Å²) in [6.07, 6.45) is 3.10. The molecule has 0 saturated heterocycles. The van der Waals surface area contributed by atoms with Crippen molar-refractivity contribution in [3.05, 3.63) is 23.3 Å². The molecule has 5 heteroatoms. The number of ketones is 1. The summed E-state index contributed by atoms with van der Waals surface area (Å²) in [6, 6.07) is 0. The maximum Gasteiger partial charge on any atom is 0.323 e. The zero-order valence-electron chi connectivity index (χ0n) is 13.9. The van der Waals surface area contributed by atoms with Gasteiger partial charge in [0.2, 0.25) is 0 Å². The molecule has 0 heterocycles. The molecule has 0 amide bonds. The Morgan fingerprint density at radius 2 is 1.74 bits per heavy atom. The summed E-state index contributed by atoms with van der Waals surface area (Å²) in [4.78, 5) is 38.3. The number of esters is 2. The summed E-state index contributed by atoms with van der Waals surface area (Å²) >= 11 is 0. The fourth-order valence-electron chi connectivity index (χ4n) is 5.14. The second-order valence-corrected chi connectivity index (χ2v) is 6.80. The Morgan fingerprint density at radius 1 is 1.13 bits per heavy atom. The Kier molecular flexibility index (Phi) is 3.50. The average molecular weight is 318 g/mol. The number of allylic oxidation sites excluding steroid dienone is 3. The number of carbonyl (C=O) groups is 3. The number of hydrogen-bond acceptors (Lipinski definition) is 5. The van der Waals surface area contributed by atoms with Crippen LogP contribution in [-0.2, 0) is 23.9 Å². The van der Waals surface area contributed by atoms with Gasteiger partial charge in [-0.25, -0.2) is 0 Å². The first kappa shape index (κ1) is 16.0. The van der Waals surface area contributed by atoms with E-state index < -0.39 is 28.7 Å². The predicted octanol–water partition coefficient (Wildman–Crippen LogP) is 2.35. The van der Waals surface area contributed by atoms with Gasteiger partial charge in [-0.3, -0.25) is 14.4 Å². The van der Waals surface area contributed by atoms with E-state index in [0.29, 0.717) is 24.8 Å². The van der Waals surface area contributed by atoms with Crippen LogP contribution in [0.5, 0.6) is 0 Å². The van der Waals surface area contributed by atoms with Crippen LogP contribution in [0, 0.1) is 16.7 Å². The molecule has 3 rings (SSSR count). The van der Waals surface area contributed by atoms with Gasteiger partial charge in [0.15, 0.2) is 11.2 Å². The number of rotatable bonds is 2. The maximum atomic E-state index is 13.0. The maximum absolute atomic E-state index is 13.0. The Bertz CT molecular complexity index is 640. The molecule has 2 fully saturated rings. The van der Waals surface area contributed by atoms with Gasteiger partial charge < -0.3 is 9.47 Å². The molecular formula is C18H22O5. The summed E-state index contributed by atoms with van der Waals surface area (Å²) in [7, 11) is 2.54. The first-order valence-corrected chi connectivity index (χ1v) is 7.97. The van der Waals surface area contributed by atoms with Crippen LogP contribution >= 0.6 is 0 Å². The van der Waals surface area contributed by atoms with Crippen molar-refractivity contribution in [1.29, 1.82) is 0 Å². The largest absolute Gasteiger partial charge is 0.468 e. The number of fused-ring (bicyclic) bond motifs is 2. The van der Waals surface area contributed by atoms with Gasteiger partial charge in [-0.05, 0) is 44.6 Å². The monoisotopic (exact) mass is 318 g/mol. The molecule has 3 aliphatic carbocycles. The number of Topliss-reactive ketones (excluding diaryl/α,β-unsaturated/α-hetero) is 1. The molecule has 0 aromatic heterocycles. The SMILES string of the molecule is C=C1CCC[C@]12C(=O)C(C)=C1CCC(C(=O)OC)(C(=O)OC)C12. The molecule has 124 valence electrons. The first-order chi connectivity index (χ1) is 10.9. The molecule has 2 atom stereocenters. The highest BCUT2D eigenvalue weighted by molar-refractivity contribution is 6.10. The van der Waals surface area contributed by atoms with Gasteiger partial charge in [-0.2, -0.15) is 0 Å². The van der Waals surface area contributed by atoms with Crippen molar-refractivity contribution < 1.29 is 23.9 Å². The second-order valence-electron chi connectivity index (χ2n) is 6.80. The molecular weight excluding hydrogens is 296 g/mol. The van der Waals surface area contributed by atoms with E-state index in [0.717, 1.165) is 24.0 Å². The lowest BCUT2D eigenvalue weighted by Crippen LogP contribution is -2.51. The highest BCUT2D eigenvalue weighted by atomic mass is 16.5. The summed E-state index contributed by atoms with van der Waals surface area (Å²) in [6.45, 7) is 5.92. The van der Waals surface area contributed by atoms with Crippen LogP contribution in [0.3, 0.4) is 0 Å². The molecule has 0 radical (unpaired) electrons. The normalized spacial score (nSPS) is 31.7. The lowest BCUT2D eigenvalue weighted by atomic mass is 9.61. The Labute approximate surface area is 135 Å². The fraction of sp³-hybridized carbons (Fsp3) is 0.611. The molecule has 2 saturated carbocycles. The van der Waals surface area contributed by atoms with Gasteiger partial charge >= 0.3 is 11.9 Å². The zero-order chi connectivity index (χ0) is 17.0. The fourth-order valence-corrected chi connectivity index (χ4v) is 5.14. The molecule has 3 aliphatic rings. The van der Waals surface area contributed by atoms with Gasteiger partial charge in [0.1, 0.15) is 0 Å². The lowest BCUT2D eigenvalue weighted by Gasteiger charge is -2.39. The molecule has 1 spiro atoms. The van der Waals surface area contributed by atoms with E-state index in [1.807, 2.05) is 0 Å². The van der Waals surface area contributed by atoms with Gasteiger partial charge in [-0.1, -0.05) is 17.7 Å². The van der Waals surface area contributed by atoms with Crippen LogP contribution in [0.1, 0.15) is 39.0 Å². The summed E-state index contributed by atoms with van der Waals surface area (Å²) < 4.78 is 9.95. The first-order valence-electron chi connectivity index (χ1n) is 7.97. The van der Waals surface area contributed by atoms with Gasteiger partial charge in [0, 0.05) is 5.92 Å². The highest BCUT2D eigenvalue weighted by Crippen LogP contribution is 2.67. The minimum absolute atomic E-state index is 0.0249. The highest BCUT2D eigenvalue weighted by Gasteiger charge is 2.71. The van der Waals surface area contributed by atoms with E-state index in [4.69, 9.17) is 9.47 Å². The third-order valence-corrected chi connectivity index (χ3v) is 6.13. The number of ether oxygens (including phenoxy) is 2. The van der Waals surface area contributed by atoms with Crippen molar-refractivity contribution in [2.24, 2.45) is 16.7 Å². The van der Waals surface area contributed by atoms with Crippen molar-refractivity contribution in [3.8, 4) is 0 Å². The quantitative estimate of drug-likeness (QED) is 0.444. The molecule has 0 aromatic rings. The Morgan fingerprint density at radius 3 is 2.22 bits per heavy atom. The molecule has 0 aliphatic heterocycles. The van der Waals surface area contributed by atoms with Crippen molar-refractivity contribution in [3.63, 3.8) is 0 Å². The minimum Gasteiger partial charge on any atom is -0.468 e. The van der Waals surface area contributed by atoms with E-state index in [1.54, 1.807) is 6.92 Å². The number of hydrogen-bond donors (Lipinski definition) is 0. The van der Waals surface area contributed by atoms with Crippen LogP contribution in [0.2, 0.25) is 0 Å². The van der Waals surface area contributed by atoms with E-state index in [-0.39, 0.29) is 5.78 Å². The van der Waals surface area contributed by atoms with E-state index in [1.165, 1.54) is 14.2 Å². The van der Waals surface area contributed by atoms with Crippen LogP contribution in [0.4, 0.5) is 0 Å². The molecule has 0 N–H and O–H groups in total. The van der Waals surface area contributed by atoms with E-state index >= 15 is 0 Å². The van der Waals surface area contributed by atoms with Gasteiger partial charge in [0.25, 0.3) is 0 Å². The number of carbonyl (C=O) groups excluding carboxylic acids is 3. The van der Waals surface area contributed by atoms with Crippen molar-refractivity contribution >= 4 is 17.7 Å². The van der Waals surface area contributed by atoms with Gasteiger partial charge in [0.05, 0.1) is 19.6 Å². The zero-order valence-corrected chi connectivity index (χ0v) is 13.9. The Hall–Kier alpha value is -1.91. The van der Waals surface area contributed by atoms with E-state index in [2.05, 4.69) is 6.58 Å². The van der Waals surface area contributed by atoms with Gasteiger partial charge in [-0.15, -0.1) is 0 Å². The average Bonchev–Trinajstić information content (AvgIpc) is 3.19. The van der Waals surface area contributed by atoms with Crippen molar-refractivity contribution in [2.45, 2.75) is 39.0 Å². The van der Waals surface area contributed by atoms with Crippen LogP contribution in [-0.4, -0.2) is 31.9 Å². The van der Waals surface area contributed by atoms with Crippen LogP contribution in [0.15, 0.2) is 23.3 Å². The topological polar surface area (TPSA) is 69.7 Å².